The van der Waals surface area contributed by atoms with E-state index in [1.54, 1.807) is 5.38 Å². The second kappa shape index (κ2) is 7.70. The van der Waals surface area contributed by atoms with Gasteiger partial charge in [-0.1, -0.05) is 6.92 Å². The van der Waals surface area contributed by atoms with Crippen LogP contribution < -0.4 is 5.32 Å². The van der Waals surface area contributed by atoms with Crippen molar-refractivity contribution in [3.05, 3.63) is 16.1 Å². The molecule has 1 N–H and O–H groups in total. The Morgan fingerprint density at radius 1 is 1.55 bits per heavy atom. The van der Waals surface area contributed by atoms with Gasteiger partial charge in [0, 0.05) is 19.0 Å². The van der Waals surface area contributed by atoms with Crippen LogP contribution in [0.1, 0.15) is 24.5 Å². The highest BCUT2D eigenvalue weighted by Gasteiger charge is 2.28. The number of hydrogen-bond donors (Lipinski definition) is 1. The summed E-state index contributed by atoms with van der Waals surface area (Å²) in [6, 6.07) is 0. The van der Waals surface area contributed by atoms with Gasteiger partial charge in [-0.2, -0.15) is 0 Å². The number of sulfone groups is 1. The fourth-order valence-electron chi connectivity index (χ4n) is 1.49. The van der Waals surface area contributed by atoms with Crippen LogP contribution in [-0.2, 0) is 31.5 Å². The number of ether oxygens (including phenoxy) is 1. The normalized spacial score (nSPS) is 13.2. The van der Waals surface area contributed by atoms with Gasteiger partial charge in [-0.05, 0) is 13.3 Å². The second-order valence-electron chi connectivity index (χ2n) is 4.32. The summed E-state index contributed by atoms with van der Waals surface area (Å²) in [5, 5.41) is 4.06. The van der Waals surface area contributed by atoms with Crippen molar-refractivity contribution in [2.75, 3.05) is 20.3 Å². The molecule has 1 amide bonds. The molecule has 0 saturated carbocycles. The Morgan fingerprint density at radius 2 is 2.25 bits per heavy atom. The summed E-state index contributed by atoms with van der Waals surface area (Å²) in [5.74, 6) is -0.712. The third-order valence-electron chi connectivity index (χ3n) is 2.76. The van der Waals surface area contributed by atoms with E-state index in [1.807, 2.05) is 6.92 Å². The third kappa shape index (κ3) is 4.84. The summed E-state index contributed by atoms with van der Waals surface area (Å²) >= 11 is 1.43. The number of aromatic nitrogens is 1. The minimum atomic E-state index is -3.55. The number of aryl methyl sites for hydroxylation is 1. The standard InChI is InChI=1S/C12H20N2O4S2/c1-4-11-14-10(7-19-11)8-20(16,17)9(2)12(15)13-5-6-18-3/h7,9H,4-6,8H2,1-3H3,(H,13,15)/t9-/m1/s1. The number of carbonyl (C=O) groups is 1. The Kier molecular flexibility index (Phi) is 6.57. The third-order valence-corrected chi connectivity index (χ3v) is 5.80. The molecule has 0 aliphatic heterocycles. The van der Waals surface area contributed by atoms with Gasteiger partial charge in [0.2, 0.25) is 5.91 Å². The van der Waals surface area contributed by atoms with Crippen molar-refractivity contribution in [2.24, 2.45) is 0 Å². The summed E-state index contributed by atoms with van der Waals surface area (Å²) in [6.45, 7) is 4.00. The molecule has 0 aromatic carbocycles. The molecule has 0 spiro atoms. The topological polar surface area (TPSA) is 85.4 Å². The molecule has 1 atom stereocenters. The van der Waals surface area contributed by atoms with Crippen molar-refractivity contribution in [3.8, 4) is 0 Å². The van der Waals surface area contributed by atoms with E-state index in [4.69, 9.17) is 4.74 Å². The van der Waals surface area contributed by atoms with Crippen LogP contribution in [0, 0.1) is 0 Å². The van der Waals surface area contributed by atoms with Gasteiger partial charge in [-0.15, -0.1) is 11.3 Å². The van der Waals surface area contributed by atoms with E-state index in [0.717, 1.165) is 11.4 Å². The van der Waals surface area contributed by atoms with Gasteiger partial charge in [-0.25, -0.2) is 13.4 Å². The van der Waals surface area contributed by atoms with Crippen LogP contribution in [0.2, 0.25) is 0 Å². The number of thiazole rings is 1. The molecule has 0 aliphatic carbocycles. The number of nitrogens with one attached hydrogen (secondary N) is 1. The molecule has 0 saturated heterocycles. The van der Waals surface area contributed by atoms with E-state index < -0.39 is 21.0 Å². The Balaban J connectivity index is 2.64. The summed E-state index contributed by atoms with van der Waals surface area (Å²) < 4.78 is 29.1. The van der Waals surface area contributed by atoms with E-state index in [9.17, 15) is 13.2 Å². The quantitative estimate of drug-likeness (QED) is 0.715. The molecule has 8 heteroatoms. The highest BCUT2D eigenvalue weighted by atomic mass is 32.2. The maximum absolute atomic E-state index is 12.1. The SMILES string of the molecule is CCc1nc(CS(=O)(=O)[C@H](C)C(=O)NCCOC)cs1. The van der Waals surface area contributed by atoms with Crippen LogP contribution in [0.5, 0.6) is 0 Å². The van der Waals surface area contributed by atoms with Gasteiger partial charge in [0.25, 0.3) is 0 Å². The molecule has 0 aliphatic rings. The average molecular weight is 320 g/mol. The van der Waals surface area contributed by atoms with Gasteiger partial charge < -0.3 is 10.1 Å². The monoisotopic (exact) mass is 320 g/mol. The van der Waals surface area contributed by atoms with Crippen LogP contribution >= 0.6 is 11.3 Å². The number of hydrogen-bond acceptors (Lipinski definition) is 6. The minimum absolute atomic E-state index is 0.206. The Bertz CT molecular complexity index is 539. The van der Waals surface area contributed by atoms with Gasteiger partial charge in [-0.3, -0.25) is 4.79 Å². The fraction of sp³-hybridized carbons (Fsp3) is 0.667. The summed E-state index contributed by atoms with van der Waals surface area (Å²) in [7, 11) is -2.04. The zero-order valence-electron chi connectivity index (χ0n) is 11.9. The van der Waals surface area contributed by atoms with Crippen molar-refractivity contribution in [2.45, 2.75) is 31.3 Å². The molecule has 1 rings (SSSR count). The summed E-state index contributed by atoms with van der Waals surface area (Å²) in [5.41, 5.74) is 0.503. The number of methoxy groups -OCH3 is 1. The van der Waals surface area contributed by atoms with Crippen molar-refractivity contribution in [1.82, 2.24) is 10.3 Å². The van der Waals surface area contributed by atoms with E-state index in [2.05, 4.69) is 10.3 Å². The molecule has 6 nitrogen and oxygen atoms in total. The lowest BCUT2D eigenvalue weighted by atomic mass is 10.4. The average Bonchev–Trinajstić information content (AvgIpc) is 2.84. The van der Waals surface area contributed by atoms with E-state index >= 15 is 0 Å². The predicted molar refractivity (Wildman–Crippen MR) is 78.5 cm³/mol. The first-order valence-electron chi connectivity index (χ1n) is 6.32. The highest BCUT2D eigenvalue weighted by Crippen LogP contribution is 2.15. The number of nitrogens with zero attached hydrogens (tertiary/aromatic N) is 1. The lowest BCUT2D eigenvalue weighted by molar-refractivity contribution is -0.120. The molecule has 0 unspecified atom stereocenters. The zero-order valence-corrected chi connectivity index (χ0v) is 13.5. The number of amides is 1. The number of carbonyl (C=O) groups excluding carboxylic acids is 1. The van der Waals surface area contributed by atoms with Gasteiger partial charge >= 0.3 is 0 Å². The predicted octanol–water partition coefficient (Wildman–Crippen LogP) is 0.771. The maximum atomic E-state index is 12.1. The van der Waals surface area contributed by atoms with Gasteiger partial charge in [0.15, 0.2) is 9.84 Å². The molecular weight excluding hydrogens is 300 g/mol. The number of rotatable bonds is 8. The maximum Gasteiger partial charge on any atom is 0.238 e. The van der Waals surface area contributed by atoms with Gasteiger partial charge in [0.05, 0.1) is 23.1 Å². The smallest absolute Gasteiger partial charge is 0.238 e. The van der Waals surface area contributed by atoms with Gasteiger partial charge in [0.1, 0.15) is 5.25 Å². The first kappa shape index (κ1) is 17.1. The van der Waals surface area contributed by atoms with Crippen LogP contribution in [0.4, 0.5) is 0 Å². The molecular formula is C12H20N2O4S2. The zero-order chi connectivity index (χ0) is 15.2. The molecule has 0 bridgehead atoms. The molecule has 1 aromatic rings. The minimum Gasteiger partial charge on any atom is -0.383 e. The van der Waals surface area contributed by atoms with Crippen molar-refractivity contribution in [3.63, 3.8) is 0 Å². The second-order valence-corrected chi connectivity index (χ2v) is 7.58. The fourth-order valence-corrected chi connectivity index (χ4v) is 3.56. The Hall–Kier alpha value is -0.990. The Labute approximate surface area is 123 Å². The first-order chi connectivity index (χ1) is 9.40. The van der Waals surface area contributed by atoms with E-state index in [-0.39, 0.29) is 5.75 Å². The van der Waals surface area contributed by atoms with E-state index in [1.165, 1.54) is 25.4 Å². The first-order valence-corrected chi connectivity index (χ1v) is 8.91. The lowest BCUT2D eigenvalue weighted by Crippen LogP contribution is -2.39. The van der Waals surface area contributed by atoms with Crippen molar-refractivity contribution < 1.29 is 17.9 Å². The molecule has 1 heterocycles. The van der Waals surface area contributed by atoms with Crippen molar-refractivity contribution >= 4 is 27.1 Å². The highest BCUT2D eigenvalue weighted by molar-refractivity contribution is 7.92. The summed E-state index contributed by atoms with van der Waals surface area (Å²) in [6.07, 6.45) is 0.776. The molecule has 114 valence electrons. The molecule has 0 fully saturated rings. The largest absolute Gasteiger partial charge is 0.383 e. The van der Waals surface area contributed by atoms with Crippen LogP contribution in [0.15, 0.2) is 5.38 Å². The Morgan fingerprint density at radius 3 is 2.80 bits per heavy atom. The molecule has 0 radical (unpaired) electrons. The molecule has 20 heavy (non-hydrogen) atoms. The van der Waals surface area contributed by atoms with Crippen molar-refractivity contribution in [1.29, 1.82) is 0 Å². The van der Waals surface area contributed by atoms with Crippen LogP contribution in [0.3, 0.4) is 0 Å². The lowest BCUT2D eigenvalue weighted by Gasteiger charge is -2.12. The van der Waals surface area contributed by atoms with Crippen LogP contribution in [0.25, 0.3) is 0 Å². The van der Waals surface area contributed by atoms with Crippen LogP contribution in [-0.4, -0.2) is 44.8 Å². The summed E-state index contributed by atoms with van der Waals surface area (Å²) in [4.78, 5) is 16.0. The van der Waals surface area contributed by atoms with E-state index in [0.29, 0.717) is 18.8 Å². The molecule has 1 aromatic heterocycles.